The molecular formula is C24H24N2O4. The lowest BCUT2D eigenvalue weighted by Gasteiger charge is -2.13. The number of anilines is 2. The van der Waals surface area contributed by atoms with Crippen molar-refractivity contribution in [2.24, 2.45) is 0 Å². The molecule has 0 aliphatic carbocycles. The molecule has 0 saturated carbocycles. The summed E-state index contributed by atoms with van der Waals surface area (Å²) in [7, 11) is 3.14. The first-order chi connectivity index (χ1) is 14.5. The van der Waals surface area contributed by atoms with Crippen molar-refractivity contribution in [3.63, 3.8) is 0 Å². The minimum Gasteiger partial charge on any atom is -0.497 e. The van der Waals surface area contributed by atoms with Gasteiger partial charge >= 0.3 is 0 Å². The van der Waals surface area contributed by atoms with Gasteiger partial charge in [0.05, 0.1) is 20.6 Å². The Labute approximate surface area is 175 Å². The molecule has 6 heteroatoms. The summed E-state index contributed by atoms with van der Waals surface area (Å²) in [5.74, 6) is 0.862. The summed E-state index contributed by atoms with van der Waals surface area (Å²) in [6.45, 7) is 1.89. The largest absolute Gasteiger partial charge is 0.497 e. The first-order valence-corrected chi connectivity index (χ1v) is 9.48. The van der Waals surface area contributed by atoms with E-state index in [1.165, 1.54) is 0 Å². The molecule has 0 radical (unpaired) electrons. The van der Waals surface area contributed by atoms with Crippen LogP contribution in [0.4, 0.5) is 11.4 Å². The second-order valence-electron chi connectivity index (χ2n) is 6.75. The molecule has 0 aliphatic rings. The Hall–Kier alpha value is -3.80. The zero-order valence-electron chi connectivity index (χ0n) is 17.2. The van der Waals surface area contributed by atoms with Crippen LogP contribution in [0.25, 0.3) is 0 Å². The van der Waals surface area contributed by atoms with E-state index in [-0.39, 0.29) is 18.2 Å². The Bertz CT molecular complexity index is 1050. The number of rotatable bonds is 7. The first kappa shape index (κ1) is 20.9. The molecule has 2 amide bonds. The van der Waals surface area contributed by atoms with E-state index in [9.17, 15) is 9.59 Å². The second kappa shape index (κ2) is 9.60. The maximum Gasteiger partial charge on any atom is 0.255 e. The number of methoxy groups -OCH3 is 2. The Morgan fingerprint density at radius 2 is 1.63 bits per heavy atom. The average molecular weight is 404 g/mol. The van der Waals surface area contributed by atoms with Gasteiger partial charge in [0, 0.05) is 22.5 Å². The predicted molar refractivity (Wildman–Crippen MR) is 117 cm³/mol. The molecule has 0 aromatic heterocycles. The highest BCUT2D eigenvalue weighted by Crippen LogP contribution is 2.26. The van der Waals surface area contributed by atoms with Crippen molar-refractivity contribution in [2.45, 2.75) is 13.3 Å². The summed E-state index contributed by atoms with van der Waals surface area (Å²) in [6.07, 6.45) is 0.125. The van der Waals surface area contributed by atoms with Gasteiger partial charge in [-0.3, -0.25) is 9.59 Å². The van der Waals surface area contributed by atoms with Crippen LogP contribution >= 0.6 is 0 Å². The fraction of sp³-hybridized carbons (Fsp3) is 0.167. The van der Waals surface area contributed by atoms with Crippen LogP contribution in [0.15, 0.2) is 66.7 Å². The van der Waals surface area contributed by atoms with Crippen LogP contribution in [-0.4, -0.2) is 26.0 Å². The Balaban J connectivity index is 1.73. The van der Waals surface area contributed by atoms with Crippen LogP contribution in [0.2, 0.25) is 0 Å². The van der Waals surface area contributed by atoms with Gasteiger partial charge in [-0.25, -0.2) is 0 Å². The number of benzene rings is 3. The Morgan fingerprint density at radius 3 is 2.33 bits per heavy atom. The summed E-state index contributed by atoms with van der Waals surface area (Å²) in [6, 6.07) is 19.7. The highest BCUT2D eigenvalue weighted by atomic mass is 16.5. The van der Waals surface area contributed by atoms with Crippen molar-refractivity contribution in [1.82, 2.24) is 0 Å². The molecule has 0 aliphatic heterocycles. The Kier molecular flexibility index (Phi) is 6.70. The summed E-state index contributed by atoms with van der Waals surface area (Å²) in [5.41, 5.74) is 3.41. The van der Waals surface area contributed by atoms with Crippen molar-refractivity contribution in [2.75, 3.05) is 24.9 Å². The number of amides is 2. The van der Waals surface area contributed by atoms with E-state index in [1.54, 1.807) is 56.7 Å². The van der Waals surface area contributed by atoms with Crippen LogP contribution < -0.4 is 20.1 Å². The smallest absolute Gasteiger partial charge is 0.255 e. The molecule has 0 atom stereocenters. The van der Waals surface area contributed by atoms with Crippen LogP contribution in [0, 0.1) is 6.92 Å². The van der Waals surface area contributed by atoms with E-state index >= 15 is 0 Å². The maximum atomic E-state index is 12.7. The predicted octanol–water partition coefficient (Wildman–Crippen LogP) is 4.45. The number of carbonyl (C=O) groups is 2. The van der Waals surface area contributed by atoms with E-state index in [0.29, 0.717) is 28.4 Å². The number of ether oxygens (including phenoxy) is 2. The first-order valence-electron chi connectivity index (χ1n) is 9.48. The molecule has 154 valence electrons. The molecule has 3 aromatic rings. The highest BCUT2D eigenvalue weighted by molar-refractivity contribution is 6.04. The lowest BCUT2D eigenvalue weighted by molar-refractivity contribution is -0.115. The van der Waals surface area contributed by atoms with Gasteiger partial charge in [-0.1, -0.05) is 24.3 Å². The van der Waals surface area contributed by atoms with Crippen LogP contribution in [-0.2, 0) is 11.2 Å². The standard InChI is InChI=1S/C24H24N2O4/c1-16-9-10-19(25-24(28)17-7-5-4-6-8-17)15-21(16)26-23(27)14-18-13-20(29-2)11-12-22(18)30-3/h4-13,15H,14H2,1-3H3,(H,25,28)(H,26,27). The second-order valence-corrected chi connectivity index (χ2v) is 6.75. The van der Waals surface area contributed by atoms with E-state index in [4.69, 9.17) is 9.47 Å². The lowest BCUT2D eigenvalue weighted by Crippen LogP contribution is -2.16. The lowest BCUT2D eigenvalue weighted by atomic mass is 10.1. The van der Waals surface area contributed by atoms with Crippen molar-refractivity contribution in [3.05, 3.63) is 83.4 Å². The zero-order valence-corrected chi connectivity index (χ0v) is 17.2. The minimum absolute atomic E-state index is 0.125. The molecule has 2 N–H and O–H groups in total. The number of nitrogens with one attached hydrogen (secondary N) is 2. The van der Waals surface area contributed by atoms with E-state index in [1.807, 2.05) is 31.2 Å². The minimum atomic E-state index is -0.210. The van der Waals surface area contributed by atoms with E-state index in [2.05, 4.69) is 10.6 Å². The number of carbonyl (C=O) groups excluding carboxylic acids is 2. The van der Waals surface area contributed by atoms with Gasteiger partial charge < -0.3 is 20.1 Å². The quantitative estimate of drug-likeness (QED) is 0.610. The number of hydrogen-bond donors (Lipinski definition) is 2. The number of hydrogen-bond acceptors (Lipinski definition) is 4. The van der Waals surface area contributed by atoms with Gasteiger partial charge in [-0.05, 0) is 55.0 Å². The van der Waals surface area contributed by atoms with Crippen molar-refractivity contribution >= 4 is 23.2 Å². The SMILES string of the molecule is COc1ccc(OC)c(CC(=O)Nc2cc(NC(=O)c3ccccc3)ccc2C)c1. The fourth-order valence-electron chi connectivity index (χ4n) is 3.01. The van der Waals surface area contributed by atoms with Gasteiger partial charge in [0.15, 0.2) is 0 Å². The highest BCUT2D eigenvalue weighted by Gasteiger charge is 2.13. The van der Waals surface area contributed by atoms with Gasteiger partial charge in [-0.2, -0.15) is 0 Å². The average Bonchev–Trinajstić information content (AvgIpc) is 2.76. The van der Waals surface area contributed by atoms with Crippen LogP contribution in [0.3, 0.4) is 0 Å². The molecule has 0 heterocycles. The summed E-state index contributed by atoms with van der Waals surface area (Å²) in [4.78, 5) is 25.0. The van der Waals surface area contributed by atoms with E-state index < -0.39 is 0 Å². The van der Waals surface area contributed by atoms with Gasteiger partial charge in [-0.15, -0.1) is 0 Å². The summed E-state index contributed by atoms with van der Waals surface area (Å²) < 4.78 is 10.6. The molecule has 0 saturated heterocycles. The molecule has 6 nitrogen and oxygen atoms in total. The zero-order chi connectivity index (χ0) is 21.5. The molecule has 0 fully saturated rings. The third-order valence-corrected chi connectivity index (χ3v) is 4.64. The van der Waals surface area contributed by atoms with Gasteiger partial charge in [0.2, 0.25) is 5.91 Å². The molecular weight excluding hydrogens is 380 g/mol. The maximum absolute atomic E-state index is 12.7. The molecule has 0 spiro atoms. The Morgan fingerprint density at radius 1 is 0.867 bits per heavy atom. The van der Waals surface area contributed by atoms with Crippen molar-refractivity contribution in [3.8, 4) is 11.5 Å². The molecule has 30 heavy (non-hydrogen) atoms. The van der Waals surface area contributed by atoms with Gasteiger partial charge in [0.1, 0.15) is 11.5 Å². The normalized spacial score (nSPS) is 10.2. The van der Waals surface area contributed by atoms with Crippen LogP contribution in [0.1, 0.15) is 21.5 Å². The van der Waals surface area contributed by atoms with Crippen LogP contribution in [0.5, 0.6) is 11.5 Å². The molecule has 3 aromatic carbocycles. The summed E-state index contributed by atoms with van der Waals surface area (Å²) in [5, 5.41) is 5.77. The molecule has 3 rings (SSSR count). The topological polar surface area (TPSA) is 76.7 Å². The molecule has 0 bridgehead atoms. The van der Waals surface area contributed by atoms with Gasteiger partial charge in [0.25, 0.3) is 5.91 Å². The van der Waals surface area contributed by atoms with E-state index in [0.717, 1.165) is 11.1 Å². The fourth-order valence-corrected chi connectivity index (χ4v) is 3.01. The summed E-state index contributed by atoms with van der Waals surface area (Å²) >= 11 is 0. The van der Waals surface area contributed by atoms with Crippen molar-refractivity contribution in [1.29, 1.82) is 0 Å². The molecule has 0 unspecified atom stereocenters. The third-order valence-electron chi connectivity index (χ3n) is 4.64. The monoisotopic (exact) mass is 404 g/mol. The van der Waals surface area contributed by atoms with Crippen molar-refractivity contribution < 1.29 is 19.1 Å². The number of aryl methyl sites for hydroxylation is 1. The third kappa shape index (κ3) is 5.17.